The first-order chi connectivity index (χ1) is 15.2. The van der Waals surface area contributed by atoms with Crippen LogP contribution in [0, 0.1) is 5.82 Å². The highest BCUT2D eigenvalue weighted by Crippen LogP contribution is 2.32. The van der Waals surface area contributed by atoms with E-state index in [1.807, 2.05) is 12.1 Å². The molecule has 0 spiro atoms. The summed E-state index contributed by atoms with van der Waals surface area (Å²) in [5.74, 6) is -0.839. The van der Waals surface area contributed by atoms with E-state index in [1.165, 1.54) is 37.4 Å². The summed E-state index contributed by atoms with van der Waals surface area (Å²) in [6.45, 7) is 0.187. The SMILES string of the molecule is CN(Cc1ccccc1C(F)(F)F)C(=O)c1cc(Oc2ccc(CCN)cc2)ccc1F. The summed E-state index contributed by atoms with van der Waals surface area (Å²) in [5.41, 5.74) is 5.35. The fourth-order valence-corrected chi connectivity index (χ4v) is 3.23. The van der Waals surface area contributed by atoms with E-state index in [0.717, 1.165) is 29.0 Å². The molecule has 0 aliphatic carbocycles. The fraction of sp³-hybridized carbons (Fsp3) is 0.208. The largest absolute Gasteiger partial charge is 0.457 e. The molecule has 0 heterocycles. The van der Waals surface area contributed by atoms with Gasteiger partial charge in [-0.2, -0.15) is 13.2 Å². The molecule has 0 aromatic heterocycles. The zero-order chi connectivity index (χ0) is 23.3. The predicted octanol–water partition coefficient (Wildman–Crippen LogP) is 5.41. The van der Waals surface area contributed by atoms with Crippen LogP contribution < -0.4 is 10.5 Å². The summed E-state index contributed by atoms with van der Waals surface area (Å²) in [7, 11) is 1.32. The van der Waals surface area contributed by atoms with Crippen molar-refractivity contribution in [3.63, 3.8) is 0 Å². The van der Waals surface area contributed by atoms with E-state index < -0.39 is 23.5 Å². The van der Waals surface area contributed by atoms with Gasteiger partial charge in [-0.3, -0.25) is 4.79 Å². The topological polar surface area (TPSA) is 55.6 Å². The molecule has 3 aromatic rings. The van der Waals surface area contributed by atoms with E-state index in [2.05, 4.69) is 0 Å². The maximum absolute atomic E-state index is 14.4. The molecule has 0 radical (unpaired) electrons. The van der Waals surface area contributed by atoms with Gasteiger partial charge in [0.05, 0.1) is 11.1 Å². The van der Waals surface area contributed by atoms with Crippen molar-refractivity contribution < 1.29 is 27.1 Å². The Morgan fingerprint density at radius 1 is 1.00 bits per heavy atom. The summed E-state index contributed by atoms with van der Waals surface area (Å²) in [6, 6.07) is 15.8. The van der Waals surface area contributed by atoms with E-state index >= 15 is 0 Å². The van der Waals surface area contributed by atoms with Crippen LogP contribution in [0.2, 0.25) is 0 Å². The second-order valence-electron chi connectivity index (χ2n) is 7.24. The molecule has 168 valence electrons. The number of amides is 1. The number of ether oxygens (including phenoxy) is 1. The smallest absolute Gasteiger partial charge is 0.416 e. The second kappa shape index (κ2) is 9.82. The van der Waals surface area contributed by atoms with Gasteiger partial charge < -0.3 is 15.4 Å². The van der Waals surface area contributed by atoms with Crippen LogP contribution in [0.4, 0.5) is 17.6 Å². The number of alkyl halides is 3. The van der Waals surface area contributed by atoms with Crippen molar-refractivity contribution in [1.82, 2.24) is 4.90 Å². The minimum Gasteiger partial charge on any atom is -0.457 e. The van der Waals surface area contributed by atoms with Gasteiger partial charge in [0.2, 0.25) is 0 Å². The highest BCUT2D eigenvalue weighted by atomic mass is 19.4. The molecule has 0 saturated heterocycles. The molecule has 0 aliphatic rings. The van der Waals surface area contributed by atoms with Crippen molar-refractivity contribution in [2.24, 2.45) is 5.73 Å². The van der Waals surface area contributed by atoms with Gasteiger partial charge in [-0.1, -0.05) is 30.3 Å². The van der Waals surface area contributed by atoms with Gasteiger partial charge in [-0.25, -0.2) is 4.39 Å². The van der Waals surface area contributed by atoms with Gasteiger partial charge in [0.15, 0.2) is 0 Å². The molecule has 0 atom stereocenters. The Kier molecular flexibility index (Phi) is 7.15. The molecular weight excluding hydrogens is 424 g/mol. The number of hydrogen-bond donors (Lipinski definition) is 1. The Hall–Kier alpha value is -3.39. The van der Waals surface area contributed by atoms with E-state index in [1.54, 1.807) is 12.1 Å². The van der Waals surface area contributed by atoms with Crippen LogP contribution in [0.1, 0.15) is 27.0 Å². The Morgan fingerprint density at radius 3 is 2.31 bits per heavy atom. The molecule has 0 fully saturated rings. The number of rotatable bonds is 7. The lowest BCUT2D eigenvalue weighted by Gasteiger charge is -2.21. The lowest BCUT2D eigenvalue weighted by atomic mass is 10.1. The first-order valence-corrected chi connectivity index (χ1v) is 9.86. The lowest BCUT2D eigenvalue weighted by Crippen LogP contribution is -2.28. The predicted molar refractivity (Wildman–Crippen MR) is 113 cm³/mol. The maximum atomic E-state index is 14.4. The van der Waals surface area contributed by atoms with Crippen LogP contribution in [0.15, 0.2) is 66.7 Å². The third-order valence-electron chi connectivity index (χ3n) is 4.84. The van der Waals surface area contributed by atoms with Gasteiger partial charge in [0, 0.05) is 13.6 Å². The van der Waals surface area contributed by atoms with Crippen molar-refractivity contribution in [3.05, 3.63) is 94.8 Å². The summed E-state index contributed by atoms with van der Waals surface area (Å²) >= 11 is 0. The van der Waals surface area contributed by atoms with E-state index in [9.17, 15) is 22.4 Å². The van der Waals surface area contributed by atoms with Crippen molar-refractivity contribution in [1.29, 1.82) is 0 Å². The summed E-state index contributed by atoms with van der Waals surface area (Å²) in [5, 5.41) is 0. The molecule has 0 aliphatic heterocycles. The van der Waals surface area contributed by atoms with Crippen molar-refractivity contribution in [2.45, 2.75) is 19.1 Å². The number of hydrogen-bond acceptors (Lipinski definition) is 3. The summed E-state index contributed by atoms with van der Waals surface area (Å²) < 4.78 is 59.8. The average molecular weight is 446 g/mol. The maximum Gasteiger partial charge on any atom is 0.416 e. The lowest BCUT2D eigenvalue weighted by molar-refractivity contribution is -0.138. The molecule has 4 nitrogen and oxygen atoms in total. The fourth-order valence-electron chi connectivity index (χ4n) is 3.23. The van der Waals surface area contributed by atoms with Gasteiger partial charge in [0.25, 0.3) is 5.91 Å². The number of halogens is 4. The Labute approximate surface area is 183 Å². The van der Waals surface area contributed by atoms with Crippen LogP contribution in [0.25, 0.3) is 0 Å². The van der Waals surface area contributed by atoms with Crippen molar-refractivity contribution >= 4 is 5.91 Å². The molecule has 1 amide bonds. The molecular formula is C24H22F4N2O2. The molecule has 0 saturated carbocycles. The molecule has 3 rings (SSSR count). The second-order valence-corrected chi connectivity index (χ2v) is 7.24. The van der Waals surface area contributed by atoms with Crippen LogP contribution >= 0.6 is 0 Å². The quantitative estimate of drug-likeness (QED) is 0.494. The normalized spacial score (nSPS) is 11.3. The Bertz CT molecular complexity index is 1080. The molecule has 2 N–H and O–H groups in total. The number of nitrogens with two attached hydrogens (primary N) is 1. The molecule has 8 heteroatoms. The van der Waals surface area contributed by atoms with Crippen LogP contribution in [-0.2, 0) is 19.1 Å². The number of nitrogens with zero attached hydrogens (tertiary/aromatic N) is 1. The molecule has 32 heavy (non-hydrogen) atoms. The summed E-state index contributed by atoms with van der Waals surface area (Å²) in [6.07, 6.45) is -3.83. The zero-order valence-electron chi connectivity index (χ0n) is 17.3. The average Bonchev–Trinajstić information content (AvgIpc) is 2.76. The Morgan fingerprint density at radius 2 is 1.66 bits per heavy atom. The standard InChI is InChI=1S/C24H22F4N2O2/c1-30(15-17-4-2-3-5-21(17)24(26,27)28)23(31)20-14-19(10-11-22(20)25)32-18-8-6-16(7-9-18)12-13-29/h2-11,14H,12-13,15,29H2,1H3. The number of carbonyl (C=O) groups is 1. The number of carbonyl (C=O) groups excluding carboxylic acids is 1. The van der Waals surface area contributed by atoms with Crippen LogP contribution in [0.3, 0.4) is 0 Å². The van der Waals surface area contributed by atoms with Crippen LogP contribution in [0.5, 0.6) is 11.5 Å². The van der Waals surface area contributed by atoms with Gasteiger partial charge >= 0.3 is 6.18 Å². The van der Waals surface area contributed by atoms with E-state index in [4.69, 9.17) is 10.5 Å². The third kappa shape index (κ3) is 5.64. The van der Waals surface area contributed by atoms with Crippen LogP contribution in [-0.4, -0.2) is 24.4 Å². The van der Waals surface area contributed by atoms with Crippen molar-refractivity contribution in [2.75, 3.05) is 13.6 Å². The van der Waals surface area contributed by atoms with E-state index in [-0.39, 0.29) is 23.4 Å². The monoisotopic (exact) mass is 446 g/mol. The first kappa shape index (κ1) is 23.3. The zero-order valence-corrected chi connectivity index (χ0v) is 17.3. The molecule has 0 unspecified atom stereocenters. The Balaban J connectivity index is 1.78. The van der Waals surface area contributed by atoms with Gasteiger partial charge in [0.1, 0.15) is 17.3 Å². The minimum atomic E-state index is -4.56. The van der Waals surface area contributed by atoms with Crippen molar-refractivity contribution in [3.8, 4) is 11.5 Å². The molecule has 3 aromatic carbocycles. The highest BCUT2D eigenvalue weighted by Gasteiger charge is 2.33. The minimum absolute atomic E-state index is 0.0822. The van der Waals surface area contributed by atoms with E-state index in [0.29, 0.717) is 12.3 Å². The van der Waals surface area contributed by atoms with Gasteiger partial charge in [-0.15, -0.1) is 0 Å². The first-order valence-electron chi connectivity index (χ1n) is 9.86. The van der Waals surface area contributed by atoms with Gasteiger partial charge in [-0.05, 0) is 60.5 Å². The molecule has 0 bridgehead atoms. The summed E-state index contributed by atoms with van der Waals surface area (Å²) in [4.78, 5) is 13.8. The third-order valence-corrected chi connectivity index (χ3v) is 4.84. The highest BCUT2D eigenvalue weighted by molar-refractivity contribution is 5.94. The number of benzene rings is 3.